The average Bonchev–Trinajstić information content (AvgIpc) is 2.15. The van der Waals surface area contributed by atoms with E-state index in [2.05, 4.69) is 15.3 Å². The third-order valence-corrected chi connectivity index (χ3v) is 3.18. The second kappa shape index (κ2) is 4.54. The monoisotopic (exact) mass is 230 g/mol. The van der Waals surface area contributed by atoms with Crippen LogP contribution in [0.2, 0.25) is 0 Å². The molecule has 1 aromatic rings. The number of primary sulfonamides is 1. The van der Waals surface area contributed by atoms with Crippen molar-refractivity contribution >= 4 is 16.0 Å². The molecule has 0 bridgehead atoms. The number of rotatable bonds is 4. The molecule has 1 heterocycles. The van der Waals surface area contributed by atoms with Crippen molar-refractivity contribution in [3.8, 4) is 0 Å². The quantitative estimate of drug-likeness (QED) is 0.751. The molecule has 1 rings (SSSR count). The molecule has 0 saturated carbocycles. The van der Waals surface area contributed by atoms with E-state index >= 15 is 0 Å². The minimum absolute atomic E-state index is 0.196. The Morgan fingerprint density at radius 1 is 1.47 bits per heavy atom. The van der Waals surface area contributed by atoms with E-state index in [9.17, 15) is 8.42 Å². The number of anilines is 1. The summed E-state index contributed by atoms with van der Waals surface area (Å²) in [5.74, 6) is 0.399. The molecule has 0 aliphatic heterocycles. The standard InChI is InChI=1S/C8H14N4O2S/c1-6-3-10-8(11-4-6)12-5-7(2)15(9,13)14/h3-4,7H,5H2,1-2H3,(H2,9,13,14)(H,10,11,12). The molecule has 7 heteroatoms. The van der Waals surface area contributed by atoms with Gasteiger partial charge in [0, 0.05) is 18.9 Å². The molecule has 1 unspecified atom stereocenters. The Bertz CT molecular complexity index is 415. The number of aromatic nitrogens is 2. The number of nitrogens with zero attached hydrogens (tertiary/aromatic N) is 2. The Morgan fingerprint density at radius 3 is 2.47 bits per heavy atom. The molecular formula is C8H14N4O2S. The molecule has 1 atom stereocenters. The lowest BCUT2D eigenvalue weighted by molar-refractivity contribution is 0.587. The van der Waals surface area contributed by atoms with Gasteiger partial charge in [-0.3, -0.25) is 0 Å². The Hall–Kier alpha value is -1.21. The summed E-state index contributed by atoms with van der Waals surface area (Å²) in [5.41, 5.74) is 0.944. The van der Waals surface area contributed by atoms with Gasteiger partial charge >= 0.3 is 0 Å². The van der Waals surface area contributed by atoms with E-state index in [0.717, 1.165) is 5.56 Å². The normalized spacial score (nSPS) is 13.5. The summed E-state index contributed by atoms with van der Waals surface area (Å²) in [6.45, 7) is 3.59. The third kappa shape index (κ3) is 3.80. The highest BCUT2D eigenvalue weighted by atomic mass is 32.2. The number of sulfonamides is 1. The maximum atomic E-state index is 10.9. The Kier molecular flexibility index (Phi) is 3.59. The van der Waals surface area contributed by atoms with Gasteiger partial charge in [-0.25, -0.2) is 23.5 Å². The first-order valence-corrected chi connectivity index (χ1v) is 6.04. The molecule has 1 aromatic heterocycles. The fourth-order valence-corrected chi connectivity index (χ4v) is 1.15. The molecule has 15 heavy (non-hydrogen) atoms. The van der Waals surface area contributed by atoms with Gasteiger partial charge in [0.25, 0.3) is 0 Å². The van der Waals surface area contributed by atoms with Gasteiger partial charge in [0.15, 0.2) is 0 Å². The molecule has 0 saturated heterocycles. The van der Waals surface area contributed by atoms with Crippen LogP contribution < -0.4 is 10.5 Å². The highest BCUT2D eigenvalue weighted by Gasteiger charge is 2.15. The largest absolute Gasteiger partial charge is 0.353 e. The maximum Gasteiger partial charge on any atom is 0.222 e. The van der Waals surface area contributed by atoms with Gasteiger partial charge in [-0.1, -0.05) is 0 Å². The van der Waals surface area contributed by atoms with Crippen LogP contribution in [0, 0.1) is 6.92 Å². The second-order valence-corrected chi connectivity index (χ2v) is 5.35. The van der Waals surface area contributed by atoms with Crippen molar-refractivity contribution in [2.24, 2.45) is 5.14 Å². The topological polar surface area (TPSA) is 98.0 Å². The van der Waals surface area contributed by atoms with E-state index in [4.69, 9.17) is 5.14 Å². The predicted octanol–water partition coefficient (Wildman–Crippen LogP) is -0.126. The Morgan fingerprint density at radius 2 is 2.00 bits per heavy atom. The first kappa shape index (κ1) is 11.9. The van der Waals surface area contributed by atoms with Gasteiger partial charge in [0.1, 0.15) is 0 Å². The Balaban J connectivity index is 2.55. The van der Waals surface area contributed by atoms with Crippen molar-refractivity contribution in [1.82, 2.24) is 9.97 Å². The van der Waals surface area contributed by atoms with Gasteiger partial charge in [-0.05, 0) is 19.4 Å². The lowest BCUT2D eigenvalue weighted by Gasteiger charge is -2.09. The van der Waals surface area contributed by atoms with Gasteiger partial charge in [0.2, 0.25) is 16.0 Å². The summed E-state index contributed by atoms with van der Waals surface area (Å²) in [7, 11) is -3.50. The number of hydrogen-bond acceptors (Lipinski definition) is 5. The van der Waals surface area contributed by atoms with Gasteiger partial charge in [-0.2, -0.15) is 0 Å². The highest BCUT2D eigenvalue weighted by Crippen LogP contribution is 2.00. The van der Waals surface area contributed by atoms with E-state index < -0.39 is 15.3 Å². The fourth-order valence-electron chi connectivity index (χ4n) is 0.835. The van der Waals surface area contributed by atoms with E-state index in [0.29, 0.717) is 5.95 Å². The van der Waals surface area contributed by atoms with Crippen molar-refractivity contribution in [3.63, 3.8) is 0 Å². The van der Waals surface area contributed by atoms with Crippen LogP contribution in [-0.2, 0) is 10.0 Å². The Labute approximate surface area is 89.0 Å². The molecule has 84 valence electrons. The number of nitrogens with one attached hydrogen (secondary N) is 1. The smallest absolute Gasteiger partial charge is 0.222 e. The molecule has 0 fully saturated rings. The van der Waals surface area contributed by atoms with Crippen molar-refractivity contribution in [2.45, 2.75) is 19.1 Å². The van der Waals surface area contributed by atoms with Gasteiger partial charge in [0.05, 0.1) is 5.25 Å². The van der Waals surface area contributed by atoms with Crippen molar-refractivity contribution in [2.75, 3.05) is 11.9 Å². The summed E-state index contributed by atoms with van der Waals surface area (Å²) >= 11 is 0. The molecule has 0 aliphatic rings. The van der Waals surface area contributed by atoms with Crippen LogP contribution in [-0.4, -0.2) is 30.2 Å². The van der Waals surface area contributed by atoms with Crippen LogP contribution in [0.15, 0.2) is 12.4 Å². The van der Waals surface area contributed by atoms with E-state index in [1.165, 1.54) is 6.92 Å². The van der Waals surface area contributed by atoms with Crippen LogP contribution in [0.4, 0.5) is 5.95 Å². The molecule has 0 amide bonds. The second-order valence-electron chi connectivity index (χ2n) is 3.36. The lowest BCUT2D eigenvalue weighted by atomic mass is 10.4. The lowest BCUT2D eigenvalue weighted by Crippen LogP contribution is -2.32. The number of nitrogens with two attached hydrogens (primary N) is 1. The molecule has 0 aliphatic carbocycles. The van der Waals surface area contributed by atoms with Crippen LogP contribution in [0.3, 0.4) is 0 Å². The summed E-state index contributed by atoms with van der Waals surface area (Å²) in [6.07, 6.45) is 3.30. The molecule has 0 aromatic carbocycles. The van der Waals surface area contributed by atoms with E-state index in [-0.39, 0.29) is 6.54 Å². The molecule has 3 N–H and O–H groups in total. The average molecular weight is 230 g/mol. The third-order valence-electron chi connectivity index (χ3n) is 1.89. The zero-order chi connectivity index (χ0) is 11.5. The fraction of sp³-hybridized carbons (Fsp3) is 0.500. The number of hydrogen-bond donors (Lipinski definition) is 2. The minimum atomic E-state index is -3.50. The molecule has 0 spiro atoms. The maximum absolute atomic E-state index is 10.9. The molecule has 6 nitrogen and oxygen atoms in total. The van der Waals surface area contributed by atoms with Crippen molar-refractivity contribution in [3.05, 3.63) is 18.0 Å². The predicted molar refractivity (Wildman–Crippen MR) is 57.8 cm³/mol. The van der Waals surface area contributed by atoms with E-state index in [1.54, 1.807) is 12.4 Å². The summed E-state index contributed by atoms with van der Waals surface area (Å²) < 4.78 is 21.8. The summed E-state index contributed by atoms with van der Waals surface area (Å²) in [6, 6.07) is 0. The SMILES string of the molecule is Cc1cnc(NCC(C)S(N)(=O)=O)nc1. The first-order valence-electron chi connectivity index (χ1n) is 4.43. The molecule has 0 radical (unpaired) electrons. The number of aryl methyl sites for hydroxylation is 1. The highest BCUT2D eigenvalue weighted by molar-refractivity contribution is 7.89. The first-order chi connectivity index (χ1) is 6.89. The zero-order valence-electron chi connectivity index (χ0n) is 8.64. The van der Waals surface area contributed by atoms with Crippen LogP contribution in [0.25, 0.3) is 0 Å². The zero-order valence-corrected chi connectivity index (χ0v) is 9.45. The van der Waals surface area contributed by atoms with Gasteiger partial charge in [-0.15, -0.1) is 0 Å². The van der Waals surface area contributed by atoms with Crippen molar-refractivity contribution in [1.29, 1.82) is 0 Å². The van der Waals surface area contributed by atoms with E-state index in [1.807, 2.05) is 6.92 Å². The minimum Gasteiger partial charge on any atom is -0.353 e. The summed E-state index contributed by atoms with van der Waals surface area (Å²) in [5, 5.41) is 7.09. The van der Waals surface area contributed by atoms with Crippen molar-refractivity contribution < 1.29 is 8.42 Å². The van der Waals surface area contributed by atoms with Crippen LogP contribution in [0.1, 0.15) is 12.5 Å². The summed E-state index contributed by atoms with van der Waals surface area (Å²) in [4.78, 5) is 7.95. The van der Waals surface area contributed by atoms with Gasteiger partial charge < -0.3 is 5.32 Å². The van der Waals surface area contributed by atoms with Crippen LogP contribution >= 0.6 is 0 Å². The molecular weight excluding hydrogens is 216 g/mol. The van der Waals surface area contributed by atoms with Crippen LogP contribution in [0.5, 0.6) is 0 Å².